The van der Waals surface area contributed by atoms with Gasteiger partial charge in [0.05, 0.1) is 11.9 Å². The van der Waals surface area contributed by atoms with Crippen LogP contribution in [0.25, 0.3) is 0 Å². The van der Waals surface area contributed by atoms with Crippen molar-refractivity contribution >= 4 is 61.4 Å². The second-order valence-corrected chi connectivity index (χ2v) is 9.89. The van der Waals surface area contributed by atoms with E-state index in [1.54, 1.807) is 19.1 Å². The molecule has 0 aliphatic heterocycles. The van der Waals surface area contributed by atoms with Crippen LogP contribution < -0.4 is 9.62 Å². The maximum Gasteiger partial charge on any atom is 0.246 e. The third-order valence-corrected chi connectivity index (χ3v) is 6.26. The average Bonchev–Trinajstić information content (AvgIpc) is 2.94. The lowest BCUT2D eigenvalue weighted by atomic mass is 10.2. The van der Waals surface area contributed by atoms with Crippen molar-refractivity contribution in [2.75, 3.05) is 28.2 Å². The molecule has 1 heterocycles. The Morgan fingerprint density at radius 3 is 2.76 bits per heavy atom. The van der Waals surface area contributed by atoms with E-state index in [1.807, 2.05) is 6.92 Å². The number of hydrogen-bond acceptors (Lipinski definition) is 7. The third kappa shape index (κ3) is 5.56. The first-order chi connectivity index (χ1) is 11.7. The maximum atomic E-state index is 12.3. The van der Waals surface area contributed by atoms with Crippen molar-refractivity contribution in [1.29, 1.82) is 0 Å². The summed E-state index contributed by atoms with van der Waals surface area (Å²) in [5.41, 5.74) is 1.06. The predicted molar refractivity (Wildman–Crippen MR) is 103 cm³/mol. The third-order valence-electron chi connectivity index (χ3n) is 3.05. The molecule has 1 amide bonds. The van der Waals surface area contributed by atoms with Gasteiger partial charge in [0, 0.05) is 5.02 Å². The second kappa shape index (κ2) is 8.35. The Morgan fingerprint density at radius 1 is 1.40 bits per heavy atom. The van der Waals surface area contributed by atoms with Gasteiger partial charge in [0.1, 0.15) is 6.54 Å². The Balaban J connectivity index is 2.19. The van der Waals surface area contributed by atoms with Gasteiger partial charge in [-0.3, -0.25) is 14.4 Å². The Morgan fingerprint density at radius 2 is 2.12 bits per heavy atom. The van der Waals surface area contributed by atoms with E-state index in [0.717, 1.165) is 20.7 Å². The molecule has 0 aliphatic rings. The van der Waals surface area contributed by atoms with Gasteiger partial charge in [-0.25, -0.2) is 8.42 Å². The summed E-state index contributed by atoms with van der Waals surface area (Å²) in [5, 5.41) is 11.1. The van der Waals surface area contributed by atoms with Crippen molar-refractivity contribution in [2.24, 2.45) is 0 Å². The maximum absolute atomic E-state index is 12.3. The Kier molecular flexibility index (Phi) is 6.66. The molecule has 136 valence electrons. The van der Waals surface area contributed by atoms with Gasteiger partial charge < -0.3 is 0 Å². The van der Waals surface area contributed by atoms with Crippen LogP contribution in [-0.2, 0) is 14.8 Å². The topological polar surface area (TPSA) is 92.3 Å². The number of sulfonamides is 1. The molecule has 0 saturated heterocycles. The zero-order valence-corrected chi connectivity index (χ0v) is 17.0. The fourth-order valence-electron chi connectivity index (χ4n) is 1.96. The molecule has 1 N–H and O–H groups in total. The first-order valence-electron chi connectivity index (χ1n) is 7.20. The minimum absolute atomic E-state index is 0.331. The zero-order valence-electron chi connectivity index (χ0n) is 13.8. The van der Waals surface area contributed by atoms with Crippen molar-refractivity contribution in [3.8, 4) is 0 Å². The van der Waals surface area contributed by atoms with Gasteiger partial charge in [0.15, 0.2) is 4.34 Å². The van der Waals surface area contributed by atoms with Crippen LogP contribution in [0.5, 0.6) is 0 Å². The van der Waals surface area contributed by atoms with Crippen molar-refractivity contribution in [1.82, 2.24) is 10.2 Å². The summed E-state index contributed by atoms with van der Waals surface area (Å²) in [5.74, 6) is 0.340. The van der Waals surface area contributed by atoms with E-state index >= 15 is 0 Å². The van der Waals surface area contributed by atoms with E-state index < -0.39 is 15.9 Å². The molecule has 11 heteroatoms. The monoisotopic (exact) mass is 420 g/mol. The molecule has 0 fully saturated rings. The van der Waals surface area contributed by atoms with Crippen LogP contribution in [0.4, 0.5) is 10.8 Å². The molecule has 2 rings (SSSR count). The number of hydrogen-bond donors (Lipinski definition) is 1. The van der Waals surface area contributed by atoms with Gasteiger partial charge in [-0.15, -0.1) is 10.2 Å². The molecule has 7 nitrogen and oxygen atoms in total. The highest BCUT2D eigenvalue weighted by Gasteiger charge is 2.23. The highest BCUT2D eigenvalue weighted by atomic mass is 35.5. The van der Waals surface area contributed by atoms with Gasteiger partial charge in [0.2, 0.25) is 21.1 Å². The number of nitrogens with zero attached hydrogens (tertiary/aromatic N) is 3. The van der Waals surface area contributed by atoms with E-state index in [9.17, 15) is 13.2 Å². The highest BCUT2D eigenvalue weighted by molar-refractivity contribution is 8.01. The van der Waals surface area contributed by atoms with E-state index in [-0.39, 0.29) is 6.54 Å². The van der Waals surface area contributed by atoms with Crippen molar-refractivity contribution in [3.63, 3.8) is 0 Å². The van der Waals surface area contributed by atoms with Crippen molar-refractivity contribution < 1.29 is 13.2 Å². The Hall–Kier alpha value is -1.36. The van der Waals surface area contributed by atoms with E-state index in [2.05, 4.69) is 15.5 Å². The lowest BCUT2D eigenvalue weighted by molar-refractivity contribution is -0.114. The minimum atomic E-state index is -3.67. The van der Waals surface area contributed by atoms with Crippen LogP contribution in [0.2, 0.25) is 5.02 Å². The average molecular weight is 421 g/mol. The number of rotatable bonds is 7. The second-order valence-electron chi connectivity index (χ2n) is 5.05. The van der Waals surface area contributed by atoms with Gasteiger partial charge in [0.25, 0.3) is 0 Å². The molecular formula is C14H17ClN4O3S3. The molecule has 0 atom stereocenters. The quantitative estimate of drug-likeness (QED) is 0.546. The zero-order chi connectivity index (χ0) is 18.6. The summed E-state index contributed by atoms with van der Waals surface area (Å²) in [6.45, 7) is 3.36. The predicted octanol–water partition coefficient (Wildman–Crippen LogP) is 3.02. The van der Waals surface area contributed by atoms with E-state index in [1.165, 1.54) is 29.2 Å². The Labute approximate surface area is 159 Å². The number of thioether (sulfide) groups is 1. The number of halogens is 1. The Bertz CT molecular complexity index is 870. The number of aryl methyl sites for hydroxylation is 1. The molecular weight excluding hydrogens is 404 g/mol. The number of aromatic nitrogens is 2. The van der Waals surface area contributed by atoms with Crippen LogP contribution in [0.1, 0.15) is 12.5 Å². The summed E-state index contributed by atoms with van der Waals surface area (Å²) < 4.78 is 26.1. The molecule has 0 spiro atoms. The summed E-state index contributed by atoms with van der Waals surface area (Å²) in [6.07, 6.45) is 1.04. The van der Waals surface area contributed by atoms with Crippen molar-refractivity contribution in [3.05, 3.63) is 28.8 Å². The number of anilines is 2. The van der Waals surface area contributed by atoms with E-state index in [4.69, 9.17) is 11.6 Å². The largest absolute Gasteiger partial charge is 0.299 e. The highest BCUT2D eigenvalue weighted by Crippen LogP contribution is 2.27. The number of carbonyl (C=O) groups excluding carboxylic acids is 1. The first-order valence-corrected chi connectivity index (χ1v) is 11.2. The van der Waals surface area contributed by atoms with Crippen LogP contribution in [-0.4, -0.2) is 43.1 Å². The van der Waals surface area contributed by atoms with Crippen LogP contribution in [0, 0.1) is 6.92 Å². The van der Waals surface area contributed by atoms with E-state index in [0.29, 0.717) is 21.4 Å². The van der Waals surface area contributed by atoms with Crippen LogP contribution in [0.15, 0.2) is 22.5 Å². The minimum Gasteiger partial charge on any atom is -0.299 e. The van der Waals surface area contributed by atoms with Crippen molar-refractivity contribution in [2.45, 2.75) is 18.2 Å². The summed E-state index contributed by atoms with van der Waals surface area (Å²) >= 11 is 8.72. The van der Waals surface area contributed by atoms with Crippen LogP contribution >= 0.6 is 34.7 Å². The molecule has 25 heavy (non-hydrogen) atoms. The first kappa shape index (κ1) is 20.0. The fourth-order valence-corrected chi connectivity index (χ4v) is 4.70. The van der Waals surface area contributed by atoms with Gasteiger partial charge in [-0.1, -0.05) is 47.7 Å². The van der Waals surface area contributed by atoms with Gasteiger partial charge >= 0.3 is 0 Å². The van der Waals surface area contributed by atoms with Gasteiger partial charge in [-0.2, -0.15) is 0 Å². The number of carbonyl (C=O) groups is 1. The molecule has 2 aromatic rings. The molecule has 0 radical (unpaired) electrons. The molecule has 0 aliphatic carbocycles. The summed E-state index contributed by atoms with van der Waals surface area (Å²) in [7, 11) is -3.67. The summed E-state index contributed by atoms with van der Waals surface area (Å²) in [4.78, 5) is 12.3. The molecule has 0 saturated carbocycles. The summed E-state index contributed by atoms with van der Waals surface area (Å²) in [6, 6.07) is 4.88. The molecule has 0 bridgehead atoms. The van der Waals surface area contributed by atoms with Crippen LogP contribution in [0.3, 0.4) is 0 Å². The SMILES string of the molecule is CCSc1nnc(NC(=O)CN(c2cc(Cl)ccc2C)S(C)(=O)=O)s1. The standard InChI is InChI=1S/C14H17ClN4O3S3/c1-4-23-14-18-17-13(24-14)16-12(20)8-19(25(3,21)22)11-7-10(15)6-5-9(11)2/h5-7H,4,8H2,1-3H3,(H,16,17,20). The number of nitrogens with one attached hydrogen (secondary N) is 1. The normalized spacial score (nSPS) is 11.4. The molecule has 0 unspecified atom stereocenters. The fraction of sp³-hybridized carbons (Fsp3) is 0.357. The molecule has 1 aromatic heterocycles. The number of benzene rings is 1. The lowest BCUT2D eigenvalue weighted by Gasteiger charge is -2.23. The lowest BCUT2D eigenvalue weighted by Crippen LogP contribution is -2.37. The number of amides is 1. The van der Waals surface area contributed by atoms with Gasteiger partial charge in [-0.05, 0) is 30.4 Å². The molecule has 1 aromatic carbocycles. The smallest absolute Gasteiger partial charge is 0.246 e.